The quantitative estimate of drug-likeness (QED) is 0.359. The Balaban J connectivity index is 1.62. The molecule has 6 heteroatoms. The van der Waals surface area contributed by atoms with Crippen LogP contribution >= 0.6 is 0 Å². The number of nitrogens with zero attached hydrogens (tertiary/aromatic N) is 1. The van der Waals surface area contributed by atoms with Crippen molar-refractivity contribution in [1.29, 1.82) is 0 Å². The molecule has 0 radical (unpaired) electrons. The summed E-state index contributed by atoms with van der Waals surface area (Å²) in [4.78, 5) is 16.4. The number of hydrogen-bond acceptors (Lipinski definition) is 3. The summed E-state index contributed by atoms with van der Waals surface area (Å²) in [6.45, 7) is 8.07. The first-order chi connectivity index (χ1) is 11.1. The maximum Gasteiger partial charge on any atom is 0.223 e. The van der Waals surface area contributed by atoms with Gasteiger partial charge < -0.3 is 20.7 Å². The van der Waals surface area contributed by atoms with E-state index in [2.05, 4.69) is 34.8 Å². The van der Waals surface area contributed by atoms with Gasteiger partial charge in [0.15, 0.2) is 5.96 Å². The Hall–Kier alpha value is -1.30. The van der Waals surface area contributed by atoms with Gasteiger partial charge in [-0.1, -0.05) is 6.42 Å². The molecular weight excluding hydrogens is 292 g/mol. The first kappa shape index (κ1) is 18.0. The van der Waals surface area contributed by atoms with E-state index in [1.54, 1.807) is 0 Å². The van der Waals surface area contributed by atoms with Crippen molar-refractivity contribution in [2.24, 2.45) is 10.9 Å². The van der Waals surface area contributed by atoms with Gasteiger partial charge >= 0.3 is 0 Å². The van der Waals surface area contributed by atoms with Crippen LogP contribution in [0, 0.1) is 5.92 Å². The Kier molecular flexibility index (Phi) is 7.15. The first-order valence-corrected chi connectivity index (χ1v) is 9.07. The molecule has 132 valence electrons. The second-order valence-corrected chi connectivity index (χ2v) is 6.80. The largest absolute Gasteiger partial charge is 0.373 e. The number of guanidine groups is 1. The number of amides is 1. The average molecular weight is 324 g/mol. The van der Waals surface area contributed by atoms with Gasteiger partial charge in [0.2, 0.25) is 5.91 Å². The zero-order valence-corrected chi connectivity index (χ0v) is 14.6. The Morgan fingerprint density at radius 2 is 2.00 bits per heavy atom. The molecule has 0 spiro atoms. The summed E-state index contributed by atoms with van der Waals surface area (Å²) in [6, 6.07) is 0. The van der Waals surface area contributed by atoms with E-state index in [4.69, 9.17) is 4.74 Å². The number of nitrogens with one attached hydrogen (secondary N) is 3. The summed E-state index contributed by atoms with van der Waals surface area (Å²) in [7, 11) is 0. The highest BCUT2D eigenvalue weighted by molar-refractivity contribution is 5.80. The highest BCUT2D eigenvalue weighted by Gasteiger charge is 2.29. The Bertz CT molecular complexity index is 401. The summed E-state index contributed by atoms with van der Waals surface area (Å²) < 4.78 is 5.77. The topological polar surface area (TPSA) is 74.8 Å². The van der Waals surface area contributed by atoms with E-state index >= 15 is 0 Å². The lowest BCUT2D eigenvalue weighted by Crippen LogP contribution is -2.41. The van der Waals surface area contributed by atoms with Crippen molar-refractivity contribution >= 4 is 11.9 Å². The molecule has 2 rings (SSSR count). The van der Waals surface area contributed by atoms with Crippen LogP contribution in [-0.4, -0.2) is 50.3 Å². The predicted octanol–water partition coefficient (Wildman–Crippen LogP) is 1.42. The number of carbonyl (C=O) groups is 1. The molecule has 1 aliphatic carbocycles. The average Bonchev–Trinajstić information content (AvgIpc) is 2.89. The molecule has 1 aliphatic heterocycles. The monoisotopic (exact) mass is 324 g/mol. The molecule has 2 aliphatic rings. The zero-order chi connectivity index (χ0) is 16.5. The SMILES string of the molecule is CCNC(=NCC1(C)CCCO1)NCCCNC(=O)C1CCC1. The molecule has 2 fully saturated rings. The van der Waals surface area contributed by atoms with E-state index < -0.39 is 0 Å². The van der Waals surface area contributed by atoms with Crippen LogP contribution in [-0.2, 0) is 9.53 Å². The summed E-state index contributed by atoms with van der Waals surface area (Å²) >= 11 is 0. The normalized spacial score (nSPS) is 25.0. The van der Waals surface area contributed by atoms with Gasteiger partial charge in [0, 0.05) is 32.2 Å². The van der Waals surface area contributed by atoms with Gasteiger partial charge in [-0.2, -0.15) is 0 Å². The van der Waals surface area contributed by atoms with E-state index in [9.17, 15) is 4.79 Å². The molecule has 0 aromatic rings. The Morgan fingerprint density at radius 3 is 2.61 bits per heavy atom. The fraction of sp³-hybridized carbons (Fsp3) is 0.882. The minimum absolute atomic E-state index is 0.112. The molecule has 3 N–H and O–H groups in total. The highest BCUT2D eigenvalue weighted by Crippen LogP contribution is 2.26. The van der Waals surface area contributed by atoms with Gasteiger partial charge in [-0.3, -0.25) is 9.79 Å². The van der Waals surface area contributed by atoms with E-state index in [1.807, 2.05) is 0 Å². The maximum absolute atomic E-state index is 11.7. The van der Waals surface area contributed by atoms with Crippen molar-refractivity contribution in [2.45, 2.75) is 58.0 Å². The minimum atomic E-state index is -0.112. The fourth-order valence-electron chi connectivity index (χ4n) is 2.87. The summed E-state index contributed by atoms with van der Waals surface area (Å²) in [6.07, 6.45) is 6.41. The molecule has 1 saturated carbocycles. The maximum atomic E-state index is 11.7. The van der Waals surface area contributed by atoms with Crippen LogP contribution in [0.25, 0.3) is 0 Å². The summed E-state index contributed by atoms with van der Waals surface area (Å²) in [5.74, 6) is 1.33. The van der Waals surface area contributed by atoms with Crippen LogP contribution in [0.2, 0.25) is 0 Å². The van der Waals surface area contributed by atoms with Crippen LogP contribution in [0.4, 0.5) is 0 Å². The Morgan fingerprint density at radius 1 is 1.22 bits per heavy atom. The molecule has 1 unspecified atom stereocenters. The van der Waals surface area contributed by atoms with Crippen LogP contribution in [0.1, 0.15) is 52.4 Å². The standard InChI is InChI=1S/C17H32N4O2/c1-3-18-16(21-13-17(2)9-5-12-23-17)20-11-6-10-19-15(22)14-7-4-8-14/h14H,3-13H2,1-2H3,(H,19,22)(H2,18,20,21). The first-order valence-electron chi connectivity index (χ1n) is 9.07. The molecule has 0 aromatic carbocycles. The van der Waals surface area contributed by atoms with Crippen LogP contribution in [0.5, 0.6) is 0 Å². The molecule has 1 saturated heterocycles. The van der Waals surface area contributed by atoms with Crippen molar-refractivity contribution in [2.75, 3.05) is 32.8 Å². The predicted molar refractivity (Wildman–Crippen MR) is 92.5 cm³/mol. The van der Waals surface area contributed by atoms with Crippen molar-refractivity contribution in [1.82, 2.24) is 16.0 Å². The van der Waals surface area contributed by atoms with E-state index in [-0.39, 0.29) is 17.4 Å². The van der Waals surface area contributed by atoms with E-state index in [0.717, 1.165) is 64.3 Å². The highest BCUT2D eigenvalue weighted by atomic mass is 16.5. The van der Waals surface area contributed by atoms with Crippen LogP contribution in [0.3, 0.4) is 0 Å². The van der Waals surface area contributed by atoms with Gasteiger partial charge in [-0.25, -0.2) is 0 Å². The molecule has 1 heterocycles. The molecule has 0 bridgehead atoms. The van der Waals surface area contributed by atoms with E-state index in [1.165, 1.54) is 6.42 Å². The lowest BCUT2D eigenvalue weighted by Gasteiger charge is -2.24. The zero-order valence-electron chi connectivity index (χ0n) is 14.6. The second-order valence-electron chi connectivity index (χ2n) is 6.80. The smallest absolute Gasteiger partial charge is 0.223 e. The molecule has 1 amide bonds. The number of aliphatic imine (C=N–C) groups is 1. The lowest BCUT2D eigenvalue weighted by atomic mass is 9.85. The van der Waals surface area contributed by atoms with Gasteiger partial charge in [0.05, 0.1) is 12.1 Å². The van der Waals surface area contributed by atoms with Crippen molar-refractivity contribution < 1.29 is 9.53 Å². The lowest BCUT2D eigenvalue weighted by molar-refractivity contribution is -0.127. The number of ether oxygens (including phenoxy) is 1. The third-order valence-corrected chi connectivity index (χ3v) is 4.64. The third kappa shape index (κ3) is 6.01. The molecule has 1 atom stereocenters. The Labute approximate surface area is 139 Å². The van der Waals surface area contributed by atoms with Gasteiger partial charge in [-0.15, -0.1) is 0 Å². The van der Waals surface area contributed by atoms with E-state index in [0.29, 0.717) is 6.54 Å². The number of hydrogen-bond donors (Lipinski definition) is 3. The van der Waals surface area contributed by atoms with Crippen molar-refractivity contribution in [3.05, 3.63) is 0 Å². The van der Waals surface area contributed by atoms with Gasteiger partial charge in [0.1, 0.15) is 0 Å². The van der Waals surface area contributed by atoms with Crippen molar-refractivity contribution in [3.8, 4) is 0 Å². The number of carbonyl (C=O) groups excluding carboxylic acids is 1. The fourth-order valence-corrected chi connectivity index (χ4v) is 2.87. The van der Waals surface area contributed by atoms with Crippen LogP contribution < -0.4 is 16.0 Å². The third-order valence-electron chi connectivity index (χ3n) is 4.64. The van der Waals surface area contributed by atoms with Gasteiger partial charge in [-0.05, 0) is 46.0 Å². The van der Waals surface area contributed by atoms with Gasteiger partial charge in [0.25, 0.3) is 0 Å². The van der Waals surface area contributed by atoms with Crippen LogP contribution in [0.15, 0.2) is 4.99 Å². The molecule has 0 aromatic heterocycles. The second kappa shape index (κ2) is 9.11. The molecule has 6 nitrogen and oxygen atoms in total. The minimum Gasteiger partial charge on any atom is -0.373 e. The molecule has 23 heavy (non-hydrogen) atoms. The van der Waals surface area contributed by atoms with Crippen molar-refractivity contribution in [3.63, 3.8) is 0 Å². The summed E-state index contributed by atoms with van der Waals surface area (Å²) in [5.41, 5.74) is -0.112. The summed E-state index contributed by atoms with van der Waals surface area (Å²) in [5, 5.41) is 9.59. The number of rotatable bonds is 8. The molecular formula is C17H32N4O2.